The smallest absolute Gasteiger partial charge is 0.234 e. The van der Waals surface area contributed by atoms with Gasteiger partial charge in [-0.3, -0.25) is 14.8 Å². The molecule has 28 heavy (non-hydrogen) atoms. The molecule has 7 heteroatoms. The third kappa shape index (κ3) is 3.89. The molecule has 0 saturated carbocycles. The maximum atomic E-state index is 13.2. The lowest BCUT2D eigenvalue weighted by atomic mass is 10.1. The van der Waals surface area contributed by atoms with Crippen molar-refractivity contribution >= 4 is 5.91 Å². The lowest BCUT2D eigenvalue weighted by Crippen LogP contribution is -2.39. The van der Waals surface area contributed by atoms with Crippen molar-refractivity contribution in [1.29, 1.82) is 0 Å². The molecule has 1 saturated heterocycles. The van der Waals surface area contributed by atoms with Gasteiger partial charge in [-0.2, -0.15) is 5.10 Å². The molecule has 0 unspecified atom stereocenters. The molecule has 3 aromatic rings. The molecule has 3 N–H and O–H groups in total. The molecule has 0 bridgehead atoms. The number of carbonyl (C=O) groups excluding carboxylic acids is 1. The van der Waals surface area contributed by atoms with Crippen LogP contribution >= 0.6 is 0 Å². The van der Waals surface area contributed by atoms with Gasteiger partial charge in [0, 0.05) is 30.6 Å². The molecule has 6 nitrogen and oxygen atoms in total. The molecular formula is C21H21FN4O2. The predicted molar refractivity (Wildman–Crippen MR) is 103 cm³/mol. The summed E-state index contributed by atoms with van der Waals surface area (Å²) in [6.07, 6.45) is 2.14. The summed E-state index contributed by atoms with van der Waals surface area (Å²) in [5, 5.41) is 7.09. The number of aromatic amines is 1. The number of rotatable bonds is 6. The number of halogens is 1. The van der Waals surface area contributed by atoms with E-state index in [9.17, 15) is 9.18 Å². The summed E-state index contributed by atoms with van der Waals surface area (Å²) in [6, 6.07) is 15.3. The van der Waals surface area contributed by atoms with Crippen LogP contribution in [0.3, 0.4) is 0 Å². The van der Waals surface area contributed by atoms with Gasteiger partial charge in [-0.05, 0) is 36.4 Å². The number of nitrogens with one attached hydrogen (secondary N) is 1. The molecule has 1 aliphatic heterocycles. The first kappa shape index (κ1) is 18.2. The Bertz CT molecular complexity index is 943. The van der Waals surface area contributed by atoms with Crippen molar-refractivity contribution in [2.24, 2.45) is 5.73 Å². The number of likely N-dealkylation sites (tertiary alicyclic amines) is 1. The predicted octanol–water partition coefficient (Wildman–Crippen LogP) is 2.72. The summed E-state index contributed by atoms with van der Waals surface area (Å²) in [7, 11) is 0. The van der Waals surface area contributed by atoms with Gasteiger partial charge < -0.3 is 10.5 Å². The Labute approximate surface area is 162 Å². The van der Waals surface area contributed by atoms with Gasteiger partial charge in [0.05, 0.1) is 17.9 Å². The number of aromatic nitrogens is 2. The fourth-order valence-corrected chi connectivity index (χ4v) is 3.63. The molecule has 2 heterocycles. The van der Waals surface area contributed by atoms with Crippen LogP contribution < -0.4 is 10.5 Å². The number of carbonyl (C=O) groups is 1. The Morgan fingerprint density at radius 2 is 1.96 bits per heavy atom. The van der Waals surface area contributed by atoms with Crippen molar-refractivity contribution in [3.05, 3.63) is 72.2 Å². The zero-order chi connectivity index (χ0) is 19.5. The highest BCUT2D eigenvalue weighted by molar-refractivity contribution is 5.80. The molecule has 2 atom stereocenters. The maximum absolute atomic E-state index is 13.2. The first-order chi connectivity index (χ1) is 13.6. The lowest BCUT2D eigenvalue weighted by Gasteiger charge is -2.21. The van der Waals surface area contributed by atoms with Crippen LogP contribution in [0, 0.1) is 5.82 Å². The third-order valence-electron chi connectivity index (χ3n) is 4.96. The quantitative estimate of drug-likeness (QED) is 0.689. The monoisotopic (exact) mass is 380 g/mol. The third-order valence-corrected chi connectivity index (χ3v) is 4.96. The van der Waals surface area contributed by atoms with Gasteiger partial charge in [-0.25, -0.2) is 4.39 Å². The average molecular weight is 380 g/mol. The fourth-order valence-electron chi connectivity index (χ4n) is 3.63. The van der Waals surface area contributed by atoms with Gasteiger partial charge in [-0.15, -0.1) is 0 Å². The minimum atomic E-state index is -0.412. The second-order valence-corrected chi connectivity index (χ2v) is 6.91. The van der Waals surface area contributed by atoms with E-state index in [1.807, 2.05) is 35.2 Å². The van der Waals surface area contributed by atoms with Gasteiger partial charge in [0.2, 0.25) is 5.91 Å². The Balaban J connectivity index is 1.51. The lowest BCUT2D eigenvalue weighted by molar-refractivity contribution is -0.122. The summed E-state index contributed by atoms with van der Waals surface area (Å²) in [6.45, 7) is 1.07. The number of amides is 1. The highest BCUT2D eigenvalue weighted by Crippen LogP contribution is 2.28. The molecule has 2 aromatic carbocycles. The number of benzene rings is 2. The molecule has 0 radical (unpaired) electrons. The van der Waals surface area contributed by atoms with Crippen molar-refractivity contribution in [2.75, 3.05) is 6.54 Å². The Morgan fingerprint density at radius 3 is 2.68 bits per heavy atom. The summed E-state index contributed by atoms with van der Waals surface area (Å²) in [5.74, 6) is 0.109. The van der Waals surface area contributed by atoms with Crippen molar-refractivity contribution in [3.8, 4) is 17.0 Å². The minimum Gasteiger partial charge on any atom is -0.489 e. The molecule has 1 aromatic heterocycles. The fraction of sp³-hybridized carbons (Fsp3) is 0.238. The molecule has 1 aliphatic rings. The number of nitrogens with zero attached hydrogens (tertiary/aromatic N) is 2. The van der Waals surface area contributed by atoms with E-state index in [2.05, 4.69) is 10.2 Å². The number of hydrogen-bond donors (Lipinski definition) is 2. The number of nitrogens with two attached hydrogens (primary N) is 1. The van der Waals surface area contributed by atoms with Crippen LogP contribution in [-0.4, -0.2) is 39.7 Å². The zero-order valence-corrected chi connectivity index (χ0v) is 15.2. The molecular weight excluding hydrogens is 359 g/mol. The van der Waals surface area contributed by atoms with Gasteiger partial charge in [0.15, 0.2) is 0 Å². The second kappa shape index (κ2) is 7.82. The molecule has 0 aliphatic carbocycles. The van der Waals surface area contributed by atoms with E-state index in [1.165, 1.54) is 12.1 Å². The van der Waals surface area contributed by atoms with Crippen LogP contribution in [0.15, 0.2) is 60.8 Å². The first-order valence-corrected chi connectivity index (χ1v) is 9.13. The molecule has 1 amide bonds. The molecule has 144 valence electrons. The molecule has 4 rings (SSSR count). The van der Waals surface area contributed by atoms with Crippen LogP contribution in [0.25, 0.3) is 11.3 Å². The van der Waals surface area contributed by atoms with E-state index in [-0.39, 0.29) is 17.8 Å². The average Bonchev–Trinajstić information content (AvgIpc) is 3.31. The Kier molecular flexibility index (Phi) is 5.08. The summed E-state index contributed by atoms with van der Waals surface area (Å²) >= 11 is 0. The van der Waals surface area contributed by atoms with Gasteiger partial charge >= 0.3 is 0 Å². The van der Waals surface area contributed by atoms with Crippen LogP contribution in [0.5, 0.6) is 5.75 Å². The highest BCUT2D eigenvalue weighted by Gasteiger charge is 2.37. The van der Waals surface area contributed by atoms with Gasteiger partial charge in [-0.1, -0.05) is 18.2 Å². The van der Waals surface area contributed by atoms with E-state index >= 15 is 0 Å². The number of para-hydroxylation sites is 1. The topological polar surface area (TPSA) is 84.2 Å². The van der Waals surface area contributed by atoms with E-state index in [4.69, 9.17) is 10.5 Å². The van der Waals surface area contributed by atoms with Crippen LogP contribution in [-0.2, 0) is 11.3 Å². The number of primary amides is 1. The van der Waals surface area contributed by atoms with Gasteiger partial charge in [0.25, 0.3) is 0 Å². The van der Waals surface area contributed by atoms with Crippen molar-refractivity contribution < 1.29 is 13.9 Å². The van der Waals surface area contributed by atoms with Gasteiger partial charge in [0.1, 0.15) is 17.7 Å². The zero-order valence-electron chi connectivity index (χ0n) is 15.2. The van der Waals surface area contributed by atoms with E-state index in [0.717, 1.165) is 22.6 Å². The number of H-pyrrole nitrogens is 1. The summed E-state index contributed by atoms with van der Waals surface area (Å²) in [5.41, 5.74) is 8.19. The maximum Gasteiger partial charge on any atom is 0.234 e. The standard InChI is InChI=1S/C21H21FN4O2/c22-16-8-6-14(7-9-16)20-15(11-24-25-20)12-26-13-18(10-19(26)21(23)27)28-17-4-2-1-3-5-17/h1-9,11,18-19H,10,12-13H2,(H2,23,27)(H,24,25)/t18-,19-/m0/s1. The highest BCUT2D eigenvalue weighted by atomic mass is 19.1. The Morgan fingerprint density at radius 1 is 1.21 bits per heavy atom. The minimum absolute atomic E-state index is 0.124. The number of hydrogen-bond acceptors (Lipinski definition) is 4. The normalized spacial score (nSPS) is 19.6. The second-order valence-electron chi connectivity index (χ2n) is 6.91. The Hall–Kier alpha value is -3.19. The van der Waals surface area contributed by atoms with E-state index < -0.39 is 6.04 Å². The van der Waals surface area contributed by atoms with Crippen molar-refractivity contribution in [2.45, 2.75) is 25.1 Å². The SMILES string of the molecule is NC(=O)[C@@H]1C[C@H](Oc2ccccc2)CN1Cc1cn[nH]c1-c1ccc(F)cc1. The first-order valence-electron chi connectivity index (χ1n) is 9.13. The summed E-state index contributed by atoms with van der Waals surface area (Å²) in [4.78, 5) is 14.0. The largest absolute Gasteiger partial charge is 0.489 e. The summed E-state index contributed by atoms with van der Waals surface area (Å²) < 4.78 is 19.2. The van der Waals surface area contributed by atoms with Crippen LogP contribution in [0.2, 0.25) is 0 Å². The van der Waals surface area contributed by atoms with Crippen molar-refractivity contribution in [3.63, 3.8) is 0 Å². The van der Waals surface area contributed by atoms with E-state index in [0.29, 0.717) is 19.5 Å². The molecule has 1 fully saturated rings. The molecule has 0 spiro atoms. The van der Waals surface area contributed by atoms with Crippen LogP contribution in [0.1, 0.15) is 12.0 Å². The number of ether oxygens (including phenoxy) is 1. The van der Waals surface area contributed by atoms with E-state index in [1.54, 1.807) is 18.3 Å². The van der Waals surface area contributed by atoms with Crippen molar-refractivity contribution in [1.82, 2.24) is 15.1 Å². The van der Waals surface area contributed by atoms with Crippen LogP contribution in [0.4, 0.5) is 4.39 Å².